The summed E-state index contributed by atoms with van der Waals surface area (Å²) in [5.41, 5.74) is 0.0882. The van der Waals surface area contributed by atoms with Crippen LogP contribution in [0.15, 0.2) is 30.3 Å². The Morgan fingerprint density at radius 2 is 2.04 bits per heavy atom. The molecular weight excluding hydrogens is 328 g/mol. The molecule has 0 saturated carbocycles. The van der Waals surface area contributed by atoms with Gasteiger partial charge in [-0.2, -0.15) is 17.0 Å². The summed E-state index contributed by atoms with van der Waals surface area (Å²) < 4.78 is 33.5. The number of hydrogen-bond donors (Lipinski definition) is 1. The number of aliphatic hydroxyl groups is 1. The molecule has 2 rings (SSSR count). The van der Waals surface area contributed by atoms with Gasteiger partial charge in [-0.15, -0.1) is 0 Å². The van der Waals surface area contributed by atoms with E-state index in [1.807, 2.05) is 37.3 Å². The van der Waals surface area contributed by atoms with Gasteiger partial charge >= 0.3 is 0 Å². The zero-order chi connectivity index (χ0) is 17.8. The minimum absolute atomic E-state index is 0.138. The SMILES string of the molecule is COCC[C@]1(O)CCN(S(=O)(=O)N(C)Cc2ccccc2)C[C@H]1C. The van der Waals surface area contributed by atoms with Crippen molar-refractivity contribution in [1.82, 2.24) is 8.61 Å². The molecule has 0 aromatic heterocycles. The van der Waals surface area contributed by atoms with E-state index in [0.29, 0.717) is 39.1 Å². The number of benzene rings is 1. The van der Waals surface area contributed by atoms with E-state index >= 15 is 0 Å². The van der Waals surface area contributed by atoms with Crippen molar-refractivity contribution in [2.45, 2.75) is 31.9 Å². The quantitative estimate of drug-likeness (QED) is 0.803. The molecule has 7 heteroatoms. The van der Waals surface area contributed by atoms with Crippen LogP contribution in [0.2, 0.25) is 0 Å². The maximum atomic E-state index is 12.8. The second-order valence-corrected chi connectivity index (χ2v) is 8.64. The molecule has 1 aromatic carbocycles. The highest BCUT2D eigenvalue weighted by atomic mass is 32.2. The number of piperidine rings is 1. The van der Waals surface area contributed by atoms with Crippen LogP contribution in [0.5, 0.6) is 0 Å². The van der Waals surface area contributed by atoms with Crippen molar-refractivity contribution in [2.24, 2.45) is 5.92 Å². The maximum absolute atomic E-state index is 12.8. The van der Waals surface area contributed by atoms with Gasteiger partial charge in [0.2, 0.25) is 0 Å². The highest BCUT2D eigenvalue weighted by Gasteiger charge is 2.42. The van der Waals surface area contributed by atoms with Gasteiger partial charge in [0.25, 0.3) is 10.2 Å². The number of rotatable bonds is 7. The third-order valence-corrected chi connectivity index (χ3v) is 6.80. The molecular formula is C17H28N2O4S. The molecule has 0 unspecified atom stereocenters. The standard InChI is InChI=1S/C17H28N2O4S/c1-15-13-19(11-9-17(15,20)10-12-23-3)24(21,22)18(2)14-16-7-5-4-6-8-16/h4-8,15,20H,9-14H2,1-3H3/t15-,17-/m1/s1. The zero-order valence-electron chi connectivity index (χ0n) is 14.7. The third-order valence-electron chi connectivity index (χ3n) is 4.90. The molecule has 1 aliphatic heterocycles. The average Bonchev–Trinajstić information content (AvgIpc) is 2.56. The molecule has 1 fully saturated rings. The zero-order valence-corrected chi connectivity index (χ0v) is 15.5. The fourth-order valence-electron chi connectivity index (χ4n) is 3.11. The van der Waals surface area contributed by atoms with Crippen molar-refractivity contribution < 1.29 is 18.3 Å². The van der Waals surface area contributed by atoms with Crippen LogP contribution in [0.4, 0.5) is 0 Å². The lowest BCUT2D eigenvalue weighted by Gasteiger charge is -2.43. The highest BCUT2D eigenvalue weighted by molar-refractivity contribution is 7.86. The summed E-state index contributed by atoms with van der Waals surface area (Å²) >= 11 is 0. The molecule has 1 N–H and O–H groups in total. The highest BCUT2D eigenvalue weighted by Crippen LogP contribution is 2.32. The lowest BCUT2D eigenvalue weighted by Crippen LogP contribution is -2.55. The fraction of sp³-hybridized carbons (Fsp3) is 0.647. The van der Waals surface area contributed by atoms with E-state index in [4.69, 9.17) is 4.74 Å². The van der Waals surface area contributed by atoms with Gasteiger partial charge in [-0.1, -0.05) is 37.3 Å². The molecule has 1 saturated heterocycles. The first-order valence-corrected chi connectivity index (χ1v) is 9.66. The van der Waals surface area contributed by atoms with Crippen LogP contribution < -0.4 is 0 Å². The molecule has 0 aliphatic carbocycles. The number of ether oxygens (including phenoxy) is 1. The minimum Gasteiger partial charge on any atom is -0.389 e. The van der Waals surface area contributed by atoms with Crippen LogP contribution in [-0.2, 0) is 21.5 Å². The topological polar surface area (TPSA) is 70.1 Å². The Hall–Kier alpha value is -0.990. The van der Waals surface area contributed by atoms with Gasteiger partial charge in [0.15, 0.2) is 0 Å². The Labute approximate surface area is 145 Å². The van der Waals surface area contributed by atoms with E-state index in [-0.39, 0.29) is 5.92 Å². The molecule has 0 radical (unpaired) electrons. The molecule has 136 valence electrons. The van der Waals surface area contributed by atoms with Crippen molar-refractivity contribution in [1.29, 1.82) is 0 Å². The number of hydrogen-bond acceptors (Lipinski definition) is 4. The molecule has 2 atom stereocenters. The van der Waals surface area contributed by atoms with Gasteiger partial charge in [-0.3, -0.25) is 0 Å². The monoisotopic (exact) mass is 356 g/mol. The normalized spacial score (nSPS) is 26.0. The molecule has 0 spiro atoms. The molecule has 0 amide bonds. The largest absolute Gasteiger partial charge is 0.389 e. The van der Waals surface area contributed by atoms with E-state index in [1.165, 1.54) is 8.61 Å². The van der Waals surface area contributed by atoms with Crippen LogP contribution in [0, 0.1) is 5.92 Å². The fourth-order valence-corrected chi connectivity index (χ4v) is 4.55. The second-order valence-electron chi connectivity index (χ2n) is 6.60. The van der Waals surface area contributed by atoms with Gasteiger partial charge in [0, 0.05) is 40.4 Å². The molecule has 1 aliphatic rings. The average molecular weight is 356 g/mol. The molecule has 1 heterocycles. The van der Waals surface area contributed by atoms with E-state index in [0.717, 1.165) is 5.56 Å². The summed E-state index contributed by atoms with van der Waals surface area (Å²) in [6.45, 7) is 3.35. The number of methoxy groups -OCH3 is 1. The maximum Gasteiger partial charge on any atom is 0.282 e. The Morgan fingerprint density at radius 3 is 2.62 bits per heavy atom. The summed E-state index contributed by atoms with van der Waals surface area (Å²) in [6, 6.07) is 9.53. The summed E-state index contributed by atoms with van der Waals surface area (Å²) in [5, 5.41) is 10.7. The van der Waals surface area contributed by atoms with Gasteiger partial charge in [0.05, 0.1) is 5.60 Å². The summed E-state index contributed by atoms with van der Waals surface area (Å²) in [4.78, 5) is 0. The first kappa shape index (κ1) is 19.3. The lowest BCUT2D eigenvalue weighted by atomic mass is 9.81. The van der Waals surface area contributed by atoms with Crippen molar-refractivity contribution in [3.05, 3.63) is 35.9 Å². The third kappa shape index (κ3) is 4.34. The van der Waals surface area contributed by atoms with Crippen molar-refractivity contribution in [3.63, 3.8) is 0 Å². The van der Waals surface area contributed by atoms with Gasteiger partial charge in [-0.25, -0.2) is 0 Å². The first-order chi connectivity index (χ1) is 11.3. The Balaban J connectivity index is 2.03. The summed E-state index contributed by atoms with van der Waals surface area (Å²) in [7, 11) is -0.340. The molecule has 24 heavy (non-hydrogen) atoms. The van der Waals surface area contributed by atoms with E-state index < -0.39 is 15.8 Å². The molecule has 6 nitrogen and oxygen atoms in total. The van der Waals surface area contributed by atoms with E-state index in [1.54, 1.807) is 14.2 Å². The van der Waals surface area contributed by atoms with E-state index in [2.05, 4.69) is 0 Å². The Kier molecular flexibility index (Phi) is 6.39. The van der Waals surface area contributed by atoms with Crippen molar-refractivity contribution in [2.75, 3.05) is 33.9 Å². The summed E-state index contributed by atoms with van der Waals surface area (Å²) in [6.07, 6.45) is 0.953. The Morgan fingerprint density at radius 1 is 1.38 bits per heavy atom. The van der Waals surface area contributed by atoms with Crippen LogP contribution in [0.1, 0.15) is 25.3 Å². The van der Waals surface area contributed by atoms with Crippen LogP contribution in [-0.4, -0.2) is 61.6 Å². The molecule has 1 aromatic rings. The predicted molar refractivity (Wildman–Crippen MR) is 93.6 cm³/mol. The number of nitrogens with zero attached hydrogens (tertiary/aromatic N) is 2. The summed E-state index contributed by atoms with van der Waals surface area (Å²) in [5.74, 6) is -0.138. The van der Waals surface area contributed by atoms with Crippen LogP contribution >= 0.6 is 0 Å². The second kappa shape index (κ2) is 7.93. The minimum atomic E-state index is -3.54. The molecule has 0 bridgehead atoms. The van der Waals surface area contributed by atoms with Crippen molar-refractivity contribution in [3.8, 4) is 0 Å². The van der Waals surface area contributed by atoms with Gasteiger partial charge in [-0.05, 0) is 24.3 Å². The van der Waals surface area contributed by atoms with Crippen molar-refractivity contribution >= 4 is 10.2 Å². The van der Waals surface area contributed by atoms with Gasteiger partial charge in [0.1, 0.15) is 0 Å². The van der Waals surface area contributed by atoms with Gasteiger partial charge < -0.3 is 9.84 Å². The van der Waals surface area contributed by atoms with E-state index in [9.17, 15) is 13.5 Å². The lowest BCUT2D eigenvalue weighted by molar-refractivity contribution is -0.0685. The smallest absolute Gasteiger partial charge is 0.282 e. The van der Waals surface area contributed by atoms with Crippen LogP contribution in [0.3, 0.4) is 0 Å². The predicted octanol–water partition coefficient (Wildman–Crippen LogP) is 1.47. The first-order valence-electron chi connectivity index (χ1n) is 8.26. The van der Waals surface area contributed by atoms with Crippen LogP contribution in [0.25, 0.3) is 0 Å². The Bertz CT molecular complexity index is 623.